The number of ketones is 1. The Morgan fingerprint density at radius 1 is 1.18 bits per heavy atom. The average Bonchev–Trinajstić information content (AvgIpc) is 2.77. The van der Waals surface area contributed by atoms with Crippen molar-refractivity contribution in [1.29, 1.82) is 0 Å². The van der Waals surface area contributed by atoms with Gasteiger partial charge in [-0.25, -0.2) is 0 Å². The third-order valence-electron chi connectivity index (χ3n) is 2.54. The van der Waals surface area contributed by atoms with E-state index in [9.17, 15) is 4.79 Å². The largest absolute Gasteiger partial charge is 0.497 e. The number of thiophene rings is 1. The van der Waals surface area contributed by atoms with Gasteiger partial charge in [0.1, 0.15) is 5.75 Å². The maximum absolute atomic E-state index is 12.0. The average molecular weight is 246 g/mol. The zero-order valence-corrected chi connectivity index (χ0v) is 10.7. The topological polar surface area (TPSA) is 26.3 Å². The Morgan fingerprint density at radius 2 is 1.88 bits per heavy atom. The van der Waals surface area contributed by atoms with Crippen LogP contribution in [0.5, 0.6) is 5.75 Å². The van der Waals surface area contributed by atoms with Crippen molar-refractivity contribution in [3.05, 3.63) is 51.7 Å². The van der Waals surface area contributed by atoms with Gasteiger partial charge in [0.25, 0.3) is 0 Å². The zero-order valence-electron chi connectivity index (χ0n) is 9.90. The first-order valence-corrected chi connectivity index (χ1v) is 6.23. The second kappa shape index (κ2) is 5.15. The molecule has 2 aromatic rings. The summed E-state index contributed by atoms with van der Waals surface area (Å²) in [6.07, 6.45) is 0.448. The van der Waals surface area contributed by atoms with Gasteiger partial charge in [-0.2, -0.15) is 0 Å². The summed E-state index contributed by atoms with van der Waals surface area (Å²) >= 11 is 1.55. The highest BCUT2D eigenvalue weighted by atomic mass is 32.1. The third-order valence-corrected chi connectivity index (χ3v) is 3.58. The highest BCUT2D eigenvalue weighted by molar-refractivity contribution is 7.14. The van der Waals surface area contributed by atoms with Crippen LogP contribution in [0.2, 0.25) is 0 Å². The first-order chi connectivity index (χ1) is 8.19. The summed E-state index contributed by atoms with van der Waals surface area (Å²) in [6, 6.07) is 11.5. The smallest absolute Gasteiger partial charge is 0.177 e. The van der Waals surface area contributed by atoms with Gasteiger partial charge in [0.2, 0.25) is 0 Å². The van der Waals surface area contributed by atoms with Crippen molar-refractivity contribution in [1.82, 2.24) is 0 Å². The monoisotopic (exact) mass is 246 g/mol. The molecule has 0 fully saturated rings. The van der Waals surface area contributed by atoms with Crippen LogP contribution in [0.25, 0.3) is 0 Å². The Hall–Kier alpha value is -1.61. The molecule has 0 amide bonds. The third kappa shape index (κ3) is 2.94. The van der Waals surface area contributed by atoms with E-state index in [1.165, 1.54) is 4.88 Å². The standard InChI is InChI=1S/C14H14O2S/c1-10-3-8-14(17-10)13(15)9-11-4-6-12(16-2)7-5-11/h3-8H,9H2,1-2H3. The Kier molecular flexibility index (Phi) is 3.59. The molecule has 17 heavy (non-hydrogen) atoms. The quantitative estimate of drug-likeness (QED) is 0.772. The summed E-state index contributed by atoms with van der Waals surface area (Å²) in [5.74, 6) is 0.987. The number of carbonyl (C=O) groups is 1. The zero-order chi connectivity index (χ0) is 12.3. The molecule has 2 rings (SSSR count). The molecule has 1 heterocycles. The molecular weight excluding hydrogens is 232 g/mol. The predicted molar refractivity (Wildman–Crippen MR) is 70.1 cm³/mol. The van der Waals surface area contributed by atoms with Gasteiger partial charge in [0.05, 0.1) is 12.0 Å². The summed E-state index contributed by atoms with van der Waals surface area (Å²) in [5, 5.41) is 0. The Bertz CT molecular complexity index is 511. The molecular formula is C14H14O2S. The minimum absolute atomic E-state index is 0.174. The van der Waals surface area contributed by atoms with Crippen LogP contribution in [0.4, 0.5) is 0 Å². The molecule has 0 aliphatic heterocycles. The molecule has 1 aromatic carbocycles. The molecule has 0 saturated heterocycles. The predicted octanol–water partition coefficient (Wildman–Crippen LogP) is 3.49. The first kappa shape index (κ1) is 11.9. The summed E-state index contributed by atoms with van der Waals surface area (Å²) in [7, 11) is 1.63. The number of ether oxygens (including phenoxy) is 1. The normalized spacial score (nSPS) is 10.2. The van der Waals surface area contributed by atoms with E-state index in [4.69, 9.17) is 4.74 Å². The van der Waals surface area contributed by atoms with E-state index in [0.29, 0.717) is 6.42 Å². The van der Waals surface area contributed by atoms with Gasteiger partial charge in [0.15, 0.2) is 5.78 Å². The number of benzene rings is 1. The molecule has 2 nitrogen and oxygen atoms in total. The maximum atomic E-state index is 12.0. The molecule has 0 saturated carbocycles. The molecule has 0 aliphatic carbocycles. The fourth-order valence-electron chi connectivity index (χ4n) is 1.60. The van der Waals surface area contributed by atoms with Crippen LogP contribution >= 0.6 is 11.3 Å². The van der Waals surface area contributed by atoms with Crippen molar-refractivity contribution >= 4 is 17.1 Å². The molecule has 0 aliphatic rings. The lowest BCUT2D eigenvalue weighted by atomic mass is 10.1. The van der Waals surface area contributed by atoms with Gasteiger partial charge in [-0.1, -0.05) is 12.1 Å². The molecule has 0 atom stereocenters. The van der Waals surface area contributed by atoms with Gasteiger partial charge in [-0.05, 0) is 36.8 Å². The van der Waals surface area contributed by atoms with Crippen LogP contribution in [0.15, 0.2) is 36.4 Å². The highest BCUT2D eigenvalue weighted by Crippen LogP contribution is 2.18. The molecule has 0 spiro atoms. The van der Waals surface area contributed by atoms with Crippen molar-refractivity contribution in [2.75, 3.05) is 7.11 Å². The molecule has 0 unspecified atom stereocenters. The number of aryl methyl sites for hydroxylation is 1. The van der Waals surface area contributed by atoms with Gasteiger partial charge in [-0.3, -0.25) is 4.79 Å². The van der Waals surface area contributed by atoms with Gasteiger partial charge >= 0.3 is 0 Å². The molecule has 0 radical (unpaired) electrons. The minimum atomic E-state index is 0.174. The summed E-state index contributed by atoms with van der Waals surface area (Å²) in [6.45, 7) is 2.01. The fraction of sp³-hybridized carbons (Fsp3) is 0.214. The highest BCUT2D eigenvalue weighted by Gasteiger charge is 2.09. The van der Waals surface area contributed by atoms with Gasteiger partial charge in [-0.15, -0.1) is 11.3 Å². The van der Waals surface area contributed by atoms with Gasteiger partial charge < -0.3 is 4.74 Å². The Morgan fingerprint density at radius 3 is 2.41 bits per heavy atom. The van der Waals surface area contributed by atoms with E-state index in [2.05, 4.69) is 0 Å². The van der Waals surface area contributed by atoms with Crippen LogP contribution in [-0.4, -0.2) is 12.9 Å². The molecule has 3 heteroatoms. The van der Waals surface area contributed by atoms with Crippen molar-refractivity contribution in [3.8, 4) is 5.75 Å². The van der Waals surface area contributed by atoms with E-state index in [1.54, 1.807) is 18.4 Å². The summed E-state index contributed by atoms with van der Waals surface area (Å²) < 4.78 is 5.08. The summed E-state index contributed by atoms with van der Waals surface area (Å²) in [4.78, 5) is 14.0. The van der Waals surface area contributed by atoms with Crippen LogP contribution in [-0.2, 0) is 6.42 Å². The van der Waals surface area contributed by atoms with Crippen molar-refractivity contribution < 1.29 is 9.53 Å². The number of Topliss-reactive ketones (excluding diaryl/α,β-unsaturated/α-hetero) is 1. The SMILES string of the molecule is COc1ccc(CC(=O)c2ccc(C)s2)cc1. The first-order valence-electron chi connectivity index (χ1n) is 5.41. The van der Waals surface area contributed by atoms with Crippen LogP contribution in [0, 0.1) is 6.92 Å². The second-order valence-electron chi connectivity index (χ2n) is 3.86. The molecule has 0 N–H and O–H groups in total. The van der Waals surface area contributed by atoms with Crippen LogP contribution in [0.3, 0.4) is 0 Å². The number of carbonyl (C=O) groups excluding carboxylic acids is 1. The van der Waals surface area contributed by atoms with E-state index >= 15 is 0 Å². The van der Waals surface area contributed by atoms with Crippen molar-refractivity contribution in [3.63, 3.8) is 0 Å². The number of rotatable bonds is 4. The lowest BCUT2D eigenvalue weighted by molar-refractivity contribution is 0.0997. The van der Waals surface area contributed by atoms with Crippen LogP contribution in [0.1, 0.15) is 20.1 Å². The van der Waals surface area contributed by atoms with E-state index < -0.39 is 0 Å². The molecule has 88 valence electrons. The maximum Gasteiger partial charge on any atom is 0.177 e. The number of methoxy groups -OCH3 is 1. The Labute approximate surface area is 105 Å². The number of hydrogen-bond acceptors (Lipinski definition) is 3. The number of hydrogen-bond donors (Lipinski definition) is 0. The molecule has 1 aromatic heterocycles. The lowest BCUT2D eigenvalue weighted by Gasteiger charge is -2.02. The van der Waals surface area contributed by atoms with Crippen LogP contribution < -0.4 is 4.74 Å². The Balaban J connectivity index is 2.07. The summed E-state index contributed by atoms with van der Waals surface area (Å²) in [5.41, 5.74) is 1.02. The lowest BCUT2D eigenvalue weighted by Crippen LogP contribution is -2.00. The van der Waals surface area contributed by atoms with Crippen molar-refractivity contribution in [2.45, 2.75) is 13.3 Å². The van der Waals surface area contributed by atoms with Gasteiger partial charge in [0, 0.05) is 11.3 Å². The van der Waals surface area contributed by atoms with E-state index in [-0.39, 0.29) is 5.78 Å². The fourth-order valence-corrected chi connectivity index (χ4v) is 2.41. The van der Waals surface area contributed by atoms with Crippen molar-refractivity contribution in [2.24, 2.45) is 0 Å². The molecule has 0 bridgehead atoms. The van der Waals surface area contributed by atoms with E-state index in [0.717, 1.165) is 16.2 Å². The second-order valence-corrected chi connectivity index (χ2v) is 5.15. The minimum Gasteiger partial charge on any atom is -0.497 e. The van der Waals surface area contributed by atoms with E-state index in [1.807, 2.05) is 43.3 Å².